The molecule has 1 atom stereocenters. The molecule has 0 fully saturated rings. The Labute approximate surface area is 167 Å². The first-order chi connectivity index (χ1) is 13.5. The zero-order chi connectivity index (χ0) is 20.1. The van der Waals surface area contributed by atoms with Gasteiger partial charge in [0, 0.05) is 5.69 Å². The summed E-state index contributed by atoms with van der Waals surface area (Å²) in [4.78, 5) is 12.7. The van der Waals surface area contributed by atoms with Crippen LogP contribution in [0.5, 0.6) is 5.75 Å². The molecule has 3 aromatic rings. The number of benzene rings is 3. The van der Waals surface area contributed by atoms with E-state index < -0.39 is 6.10 Å². The highest BCUT2D eigenvalue weighted by atomic mass is 16.5. The van der Waals surface area contributed by atoms with Crippen LogP contribution in [-0.2, 0) is 4.79 Å². The summed E-state index contributed by atoms with van der Waals surface area (Å²) in [5, 5.41) is 3.05. The Morgan fingerprint density at radius 2 is 1.46 bits per heavy atom. The summed E-state index contributed by atoms with van der Waals surface area (Å²) in [6, 6.07) is 24.1. The fourth-order valence-electron chi connectivity index (χ4n) is 3.18. The molecular formula is C25H27NO2. The molecule has 0 heterocycles. The van der Waals surface area contributed by atoms with Crippen LogP contribution < -0.4 is 10.1 Å². The lowest BCUT2D eigenvalue weighted by atomic mass is 9.98. The summed E-state index contributed by atoms with van der Waals surface area (Å²) in [7, 11) is 0. The molecule has 0 bridgehead atoms. The smallest absolute Gasteiger partial charge is 0.265 e. The van der Waals surface area contributed by atoms with E-state index in [1.54, 1.807) is 6.92 Å². The zero-order valence-electron chi connectivity index (χ0n) is 16.9. The van der Waals surface area contributed by atoms with E-state index in [-0.39, 0.29) is 5.91 Å². The maximum atomic E-state index is 12.7. The van der Waals surface area contributed by atoms with Gasteiger partial charge in [-0.05, 0) is 54.2 Å². The normalized spacial score (nSPS) is 11.9. The molecule has 1 unspecified atom stereocenters. The molecule has 0 aromatic heterocycles. The van der Waals surface area contributed by atoms with Crippen LogP contribution in [0.25, 0.3) is 11.1 Å². The van der Waals surface area contributed by atoms with Crippen LogP contribution in [0.15, 0.2) is 72.8 Å². The standard InChI is InChI=1S/C25H27NO2/c1-17(2)23-12-8-9-18(3)24(23)26-25(27)19(4)28-22-15-13-21(14-16-22)20-10-6-5-7-11-20/h5-17,19H,1-4H3,(H,26,27). The summed E-state index contributed by atoms with van der Waals surface area (Å²) < 4.78 is 5.87. The van der Waals surface area contributed by atoms with Crippen molar-refractivity contribution in [2.24, 2.45) is 0 Å². The number of hydrogen-bond donors (Lipinski definition) is 1. The third-order valence-corrected chi connectivity index (χ3v) is 4.82. The lowest BCUT2D eigenvalue weighted by Gasteiger charge is -2.19. The van der Waals surface area contributed by atoms with E-state index in [0.717, 1.165) is 27.9 Å². The van der Waals surface area contributed by atoms with Crippen LogP contribution in [0.4, 0.5) is 5.69 Å². The molecule has 3 nitrogen and oxygen atoms in total. The van der Waals surface area contributed by atoms with E-state index in [9.17, 15) is 4.79 Å². The summed E-state index contributed by atoms with van der Waals surface area (Å²) in [5.74, 6) is 0.858. The first-order valence-corrected chi connectivity index (χ1v) is 9.68. The molecule has 0 aliphatic carbocycles. The summed E-state index contributed by atoms with van der Waals surface area (Å²) in [6.45, 7) is 8.03. The van der Waals surface area contributed by atoms with Gasteiger partial charge in [-0.25, -0.2) is 0 Å². The molecule has 0 aliphatic heterocycles. The fourth-order valence-corrected chi connectivity index (χ4v) is 3.18. The molecule has 3 aromatic carbocycles. The quantitative estimate of drug-likeness (QED) is 0.559. The van der Waals surface area contributed by atoms with Gasteiger partial charge < -0.3 is 10.1 Å². The predicted octanol–water partition coefficient (Wildman–Crippen LogP) is 6.19. The van der Waals surface area contributed by atoms with Crippen molar-refractivity contribution in [3.8, 4) is 16.9 Å². The lowest BCUT2D eigenvalue weighted by molar-refractivity contribution is -0.122. The van der Waals surface area contributed by atoms with Gasteiger partial charge in [-0.1, -0.05) is 74.5 Å². The molecule has 0 saturated carbocycles. The van der Waals surface area contributed by atoms with Gasteiger partial charge >= 0.3 is 0 Å². The maximum Gasteiger partial charge on any atom is 0.265 e. The number of nitrogens with one attached hydrogen (secondary N) is 1. The van der Waals surface area contributed by atoms with Crippen LogP contribution in [0.2, 0.25) is 0 Å². The number of rotatable bonds is 6. The Balaban J connectivity index is 1.68. The first-order valence-electron chi connectivity index (χ1n) is 9.68. The van der Waals surface area contributed by atoms with Gasteiger partial charge in [0.2, 0.25) is 0 Å². The molecule has 0 spiro atoms. The number of carbonyl (C=O) groups is 1. The van der Waals surface area contributed by atoms with Crippen LogP contribution >= 0.6 is 0 Å². The minimum Gasteiger partial charge on any atom is -0.481 e. The van der Waals surface area contributed by atoms with Crippen LogP contribution in [-0.4, -0.2) is 12.0 Å². The van der Waals surface area contributed by atoms with Gasteiger partial charge in [0.15, 0.2) is 6.10 Å². The van der Waals surface area contributed by atoms with E-state index in [2.05, 4.69) is 37.4 Å². The number of anilines is 1. The van der Waals surface area contributed by atoms with Gasteiger partial charge in [0.25, 0.3) is 5.91 Å². The predicted molar refractivity (Wildman–Crippen MR) is 116 cm³/mol. The van der Waals surface area contributed by atoms with Gasteiger partial charge in [0.1, 0.15) is 5.75 Å². The minimum absolute atomic E-state index is 0.150. The van der Waals surface area contributed by atoms with Crippen LogP contribution in [0.3, 0.4) is 0 Å². The zero-order valence-corrected chi connectivity index (χ0v) is 16.9. The average Bonchev–Trinajstić information content (AvgIpc) is 2.70. The van der Waals surface area contributed by atoms with E-state index in [1.165, 1.54) is 0 Å². The molecule has 3 rings (SSSR count). The topological polar surface area (TPSA) is 38.3 Å². The van der Waals surface area contributed by atoms with Gasteiger partial charge in [-0.2, -0.15) is 0 Å². The van der Waals surface area contributed by atoms with Crippen molar-refractivity contribution in [3.05, 3.63) is 83.9 Å². The van der Waals surface area contributed by atoms with Crippen molar-refractivity contribution in [1.82, 2.24) is 0 Å². The third-order valence-electron chi connectivity index (χ3n) is 4.82. The van der Waals surface area contributed by atoms with Crippen LogP contribution in [0, 0.1) is 6.92 Å². The number of aryl methyl sites for hydroxylation is 1. The molecule has 3 heteroatoms. The first kappa shape index (κ1) is 19.7. The number of carbonyl (C=O) groups excluding carboxylic acids is 1. The summed E-state index contributed by atoms with van der Waals surface area (Å²) in [6.07, 6.45) is -0.595. The molecule has 1 amide bonds. The van der Waals surface area contributed by atoms with Gasteiger partial charge in [-0.3, -0.25) is 4.79 Å². The second kappa shape index (κ2) is 8.75. The van der Waals surface area contributed by atoms with E-state index in [1.807, 2.05) is 61.5 Å². The van der Waals surface area contributed by atoms with E-state index >= 15 is 0 Å². The highest BCUT2D eigenvalue weighted by Gasteiger charge is 2.18. The van der Waals surface area contributed by atoms with E-state index in [0.29, 0.717) is 11.7 Å². The van der Waals surface area contributed by atoms with Crippen molar-refractivity contribution in [1.29, 1.82) is 0 Å². The Bertz CT molecular complexity index is 931. The maximum absolute atomic E-state index is 12.7. The van der Waals surface area contributed by atoms with Crippen molar-refractivity contribution in [3.63, 3.8) is 0 Å². The average molecular weight is 373 g/mol. The summed E-state index contributed by atoms with van der Waals surface area (Å²) in [5.41, 5.74) is 5.34. The second-order valence-corrected chi connectivity index (χ2v) is 7.33. The van der Waals surface area contributed by atoms with Crippen molar-refractivity contribution in [2.45, 2.75) is 39.7 Å². The Kier molecular flexibility index (Phi) is 6.15. The lowest BCUT2D eigenvalue weighted by Crippen LogP contribution is -2.30. The van der Waals surface area contributed by atoms with Crippen molar-refractivity contribution < 1.29 is 9.53 Å². The Morgan fingerprint density at radius 1 is 0.821 bits per heavy atom. The fraction of sp³-hybridized carbons (Fsp3) is 0.240. The monoisotopic (exact) mass is 373 g/mol. The molecular weight excluding hydrogens is 346 g/mol. The van der Waals surface area contributed by atoms with Crippen LogP contribution in [0.1, 0.15) is 37.8 Å². The van der Waals surface area contributed by atoms with E-state index in [4.69, 9.17) is 4.74 Å². The Hall–Kier alpha value is -3.07. The van der Waals surface area contributed by atoms with Gasteiger partial charge in [-0.15, -0.1) is 0 Å². The number of ether oxygens (including phenoxy) is 1. The van der Waals surface area contributed by atoms with Gasteiger partial charge in [0.05, 0.1) is 0 Å². The largest absolute Gasteiger partial charge is 0.481 e. The highest BCUT2D eigenvalue weighted by Crippen LogP contribution is 2.28. The SMILES string of the molecule is Cc1cccc(C(C)C)c1NC(=O)C(C)Oc1ccc(-c2ccccc2)cc1. The minimum atomic E-state index is -0.595. The summed E-state index contributed by atoms with van der Waals surface area (Å²) >= 11 is 0. The molecule has 0 aliphatic rings. The Morgan fingerprint density at radius 3 is 2.11 bits per heavy atom. The molecule has 144 valence electrons. The highest BCUT2D eigenvalue weighted by molar-refractivity contribution is 5.95. The number of hydrogen-bond acceptors (Lipinski definition) is 2. The molecule has 0 radical (unpaired) electrons. The number of amides is 1. The van der Waals surface area contributed by atoms with Crippen molar-refractivity contribution in [2.75, 3.05) is 5.32 Å². The second-order valence-electron chi connectivity index (χ2n) is 7.33. The molecule has 1 N–H and O–H groups in total. The number of para-hydroxylation sites is 1. The van der Waals surface area contributed by atoms with Crippen molar-refractivity contribution >= 4 is 11.6 Å². The molecule has 0 saturated heterocycles. The third kappa shape index (κ3) is 4.61. The molecule has 28 heavy (non-hydrogen) atoms.